The van der Waals surface area contributed by atoms with Crippen LogP contribution in [0.25, 0.3) is 0 Å². The van der Waals surface area contributed by atoms with Crippen molar-refractivity contribution >= 4 is 0 Å². The minimum absolute atomic E-state index is 0.0868. The van der Waals surface area contributed by atoms with Crippen LogP contribution in [0.2, 0.25) is 0 Å². The summed E-state index contributed by atoms with van der Waals surface area (Å²) in [6, 6.07) is 0. The van der Waals surface area contributed by atoms with E-state index in [9.17, 15) is 5.21 Å². The number of nitrogens with zero attached hydrogens (tertiary/aromatic N) is 1. The molecule has 0 saturated carbocycles. The number of hydroxylamine groups is 3. The molecule has 0 aliphatic carbocycles. The topological polar surface area (TPSA) is 31.9 Å². The van der Waals surface area contributed by atoms with Crippen molar-refractivity contribution in [3.63, 3.8) is 0 Å². The fraction of sp³-hybridized carbons (Fsp3) is 0.714. The molecule has 1 saturated heterocycles. The van der Waals surface area contributed by atoms with Gasteiger partial charge in [-0.1, -0.05) is 6.58 Å². The fourth-order valence-electron chi connectivity index (χ4n) is 1.22. The highest BCUT2D eigenvalue weighted by Gasteiger charge is 2.28. The highest BCUT2D eigenvalue weighted by atomic mass is 16.5. The van der Waals surface area contributed by atoms with Gasteiger partial charge in [0.2, 0.25) is 0 Å². The maximum Gasteiger partial charge on any atom is 0.130 e. The van der Waals surface area contributed by atoms with Gasteiger partial charge < -0.3 is 5.32 Å². The summed E-state index contributed by atoms with van der Waals surface area (Å²) in [5.41, 5.74) is 0. The Bertz CT molecular complexity index is 119. The van der Waals surface area contributed by atoms with E-state index in [0.29, 0.717) is 19.6 Å². The predicted octanol–water partition coefficient (Wildman–Crippen LogP) is -0.0621. The summed E-state index contributed by atoms with van der Waals surface area (Å²) in [6.07, 6.45) is 1.71. The molecule has 3 nitrogen and oxygen atoms in total. The molecule has 0 amide bonds. The van der Waals surface area contributed by atoms with E-state index in [1.807, 2.05) is 0 Å². The van der Waals surface area contributed by atoms with E-state index in [1.165, 1.54) is 0 Å². The quantitative estimate of drug-likeness (QED) is 0.425. The Morgan fingerprint density at radius 2 is 2.10 bits per heavy atom. The van der Waals surface area contributed by atoms with Gasteiger partial charge in [0.15, 0.2) is 0 Å². The van der Waals surface area contributed by atoms with Crippen LogP contribution in [0.5, 0.6) is 0 Å². The first-order chi connectivity index (χ1) is 4.77. The molecule has 1 fully saturated rings. The smallest absolute Gasteiger partial charge is 0.130 e. The van der Waals surface area contributed by atoms with Crippen molar-refractivity contribution in [3.8, 4) is 0 Å². The molecule has 0 bridgehead atoms. The van der Waals surface area contributed by atoms with E-state index >= 15 is 0 Å². The Kier molecular flexibility index (Phi) is 2.43. The molecule has 0 aromatic rings. The van der Waals surface area contributed by atoms with Crippen LogP contribution >= 0.6 is 0 Å². The molecule has 0 aromatic carbocycles. The van der Waals surface area contributed by atoms with Gasteiger partial charge in [0, 0.05) is 18.3 Å². The van der Waals surface area contributed by atoms with Gasteiger partial charge in [-0.2, -0.15) is 0 Å². The molecular formula is C7H14N2O+. The summed E-state index contributed by atoms with van der Waals surface area (Å²) >= 11 is 0. The molecule has 1 aliphatic rings. The molecule has 1 radical (unpaired) electrons. The zero-order valence-corrected chi connectivity index (χ0v) is 6.18. The average Bonchev–Trinajstić information content (AvgIpc) is 1.89. The Labute approximate surface area is 61.5 Å². The molecule has 10 heavy (non-hydrogen) atoms. The zero-order valence-electron chi connectivity index (χ0n) is 6.18. The van der Waals surface area contributed by atoms with Gasteiger partial charge in [-0.25, -0.2) is 0 Å². The summed E-state index contributed by atoms with van der Waals surface area (Å²) in [5.74, 6) is 0. The standard InChI is InChI=1S/C7H14N2O/c1-2-5-9(10)6-3-8-4-7-9/h2,8H,1,3-7H2/q+1. The van der Waals surface area contributed by atoms with Crippen molar-refractivity contribution in [1.29, 1.82) is 0 Å². The van der Waals surface area contributed by atoms with E-state index in [2.05, 4.69) is 11.9 Å². The molecule has 0 atom stereocenters. The van der Waals surface area contributed by atoms with Crippen LogP contribution in [0.15, 0.2) is 12.7 Å². The Hall–Kier alpha value is -0.380. The van der Waals surface area contributed by atoms with Gasteiger partial charge in [-0.05, 0) is 6.08 Å². The van der Waals surface area contributed by atoms with E-state index in [-0.39, 0.29) is 4.65 Å². The van der Waals surface area contributed by atoms with Crippen LogP contribution in [0.3, 0.4) is 0 Å². The van der Waals surface area contributed by atoms with Gasteiger partial charge in [0.25, 0.3) is 0 Å². The van der Waals surface area contributed by atoms with Crippen molar-refractivity contribution in [2.75, 3.05) is 32.7 Å². The van der Waals surface area contributed by atoms with E-state index in [0.717, 1.165) is 13.1 Å². The summed E-state index contributed by atoms with van der Waals surface area (Å²) in [4.78, 5) is 0. The molecule has 1 rings (SSSR count). The Morgan fingerprint density at radius 1 is 1.50 bits per heavy atom. The number of quaternary nitrogens is 1. The molecule has 1 N–H and O–H groups in total. The number of piperazine rings is 1. The van der Waals surface area contributed by atoms with Crippen LogP contribution in [-0.2, 0) is 5.21 Å². The number of hydrogen-bond donors (Lipinski definition) is 1. The molecule has 1 aliphatic heterocycles. The van der Waals surface area contributed by atoms with Crippen molar-refractivity contribution < 1.29 is 9.85 Å². The third-order valence-electron chi connectivity index (χ3n) is 1.85. The summed E-state index contributed by atoms with van der Waals surface area (Å²) < 4.78 is -0.0868. The largest absolute Gasteiger partial charge is 0.306 e. The van der Waals surface area contributed by atoms with Crippen LogP contribution < -0.4 is 5.32 Å². The SMILES string of the molecule is C=CC[N+]1([O])CCNCC1. The maximum atomic E-state index is 11.5. The van der Waals surface area contributed by atoms with Crippen molar-refractivity contribution in [2.45, 2.75) is 0 Å². The lowest BCUT2D eigenvalue weighted by atomic mass is 10.3. The summed E-state index contributed by atoms with van der Waals surface area (Å²) in [7, 11) is 0. The van der Waals surface area contributed by atoms with Gasteiger partial charge in [0.1, 0.15) is 19.6 Å². The second-order valence-corrected chi connectivity index (χ2v) is 2.73. The first kappa shape index (κ1) is 7.72. The third-order valence-corrected chi connectivity index (χ3v) is 1.85. The monoisotopic (exact) mass is 142 g/mol. The normalized spacial score (nSPS) is 24.1. The second kappa shape index (κ2) is 3.14. The van der Waals surface area contributed by atoms with E-state index in [4.69, 9.17) is 0 Å². The van der Waals surface area contributed by atoms with Gasteiger partial charge >= 0.3 is 0 Å². The Morgan fingerprint density at radius 3 is 2.60 bits per heavy atom. The van der Waals surface area contributed by atoms with E-state index < -0.39 is 0 Å². The highest BCUT2D eigenvalue weighted by molar-refractivity contribution is 4.66. The molecule has 57 valence electrons. The number of rotatable bonds is 2. The van der Waals surface area contributed by atoms with Crippen LogP contribution in [-0.4, -0.2) is 37.4 Å². The maximum absolute atomic E-state index is 11.5. The van der Waals surface area contributed by atoms with Gasteiger partial charge in [-0.3, -0.25) is 0 Å². The summed E-state index contributed by atoms with van der Waals surface area (Å²) in [6.45, 7) is 7.18. The first-order valence-corrected chi connectivity index (χ1v) is 3.65. The minimum atomic E-state index is -0.0868. The van der Waals surface area contributed by atoms with Crippen molar-refractivity contribution in [1.82, 2.24) is 5.32 Å². The molecule has 1 heterocycles. The molecule has 3 heteroatoms. The van der Waals surface area contributed by atoms with Crippen LogP contribution in [0.4, 0.5) is 0 Å². The number of nitrogens with one attached hydrogen (secondary N) is 1. The van der Waals surface area contributed by atoms with Crippen LogP contribution in [0.1, 0.15) is 0 Å². The predicted molar refractivity (Wildman–Crippen MR) is 38.6 cm³/mol. The van der Waals surface area contributed by atoms with Crippen molar-refractivity contribution in [3.05, 3.63) is 12.7 Å². The van der Waals surface area contributed by atoms with Gasteiger partial charge in [-0.15, -0.1) is 4.65 Å². The molecule has 0 spiro atoms. The molecular weight excluding hydrogens is 128 g/mol. The Balaban J connectivity index is 2.39. The zero-order chi connectivity index (χ0) is 7.45. The summed E-state index contributed by atoms with van der Waals surface area (Å²) in [5, 5.41) is 14.7. The lowest BCUT2D eigenvalue weighted by Crippen LogP contribution is -2.55. The highest BCUT2D eigenvalue weighted by Crippen LogP contribution is 2.03. The average molecular weight is 142 g/mol. The molecule has 0 aromatic heterocycles. The number of hydrogen-bond acceptors (Lipinski definition) is 1. The van der Waals surface area contributed by atoms with Crippen molar-refractivity contribution in [2.24, 2.45) is 0 Å². The minimum Gasteiger partial charge on any atom is -0.306 e. The third kappa shape index (κ3) is 1.80. The lowest BCUT2D eigenvalue weighted by molar-refractivity contribution is -1.12. The van der Waals surface area contributed by atoms with Gasteiger partial charge in [0.05, 0.1) is 0 Å². The van der Waals surface area contributed by atoms with E-state index in [1.54, 1.807) is 6.08 Å². The lowest BCUT2D eigenvalue weighted by Gasteiger charge is -2.29. The van der Waals surface area contributed by atoms with Crippen LogP contribution in [0, 0.1) is 0 Å². The first-order valence-electron chi connectivity index (χ1n) is 3.65. The molecule has 0 unspecified atom stereocenters. The fourth-order valence-corrected chi connectivity index (χ4v) is 1.22. The second-order valence-electron chi connectivity index (χ2n) is 2.73.